The van der Waals surface area contributed by atoms with Crippen molar-refractivity contribution < 1.29 is 24.6 Å². The van der Waals surface area contributed by atoms with Crippen LogP contribution in [0.15, 0.2) is 42.5 Å². The number of hydroxylamine groups is 2. The van der Waals surface area contributed by atoms with Gasteiger partial charge in [0.2, 0.25) is 5.91 Å². The van der Waals surface area contributed by atoms with Gasteiger partial charge in [0, 0.05) is 0 Å². The SMILES string of the molecule is O=C1C=CC2(CC(=O)N2OCc2ccccc2)C(O)C1O. The number of amides is 1. The van der Waals surface area contributed by atoms with Crippen LogP contribution in [0.1, 0.15) is 12.0 Å². The molecule has 1 aliphatic heterocycles. The molecule has 21 heavy (non-hydrogen) atoms. The Balaban J connectivity index is 1.77. The molecular weight excluding hydrogens is 274 g/mol. The van der Waals surface area contributed by atoms with Crippen LogP contribution in [0.3, 0.4) is 0 Å². The van der Waals surface area contributed by atoms with E-state index in [1.165, 1.54) is 12.2 Å². The number of β-lactam (4-membered cyclic amide) rings is 1. The van der Waals surface area contributed by atoms with Crippen molar-refractivity contribution in [1.82, 2.24) is 5.06 Å². The maximum Gasteiger partial charge on any atom is 0.249 e. The average Bonchev–Trinajstić information content (AvgIpc) is 2.49. The van der Waals surface area contributed by atoms with Crippen LogP contribution in [0, 0.1) is 0 Å². The number of aliphatic hydroxyl groups excluding tert-OH is 2. The summed E-state index contributed by atoms with van der Waals surface area (Å²) in [6, 6.07) is 9.27. The summed E-state index contributed by atoms with van der Waals surface area (Å²) in [6.07, 6.45) is -0.305. The molecule has 6 nitrogen and oxygen atoms in total. The van der Waals surface area contributed by atoms with E-state index in [0.29, 0.717) is 0 Å². The van der Waals surface area contributed by atoms with Crippen LogP contribution in [0.25, 0.3) is 0 Å². The lowest BCUT2D eigenvalue weighted by molar-refractivity contribution is -0.275. The topological polar surface area (TPSA) is 87.1 Å². The molecule has 1 aliphatic carbocycles. The van der Waals surface area contributed by atoms with Gasteiger partial charge in [-0.1, -0.05) is 30.3 Å². The van der Waals surface area contributed by atoms with Crippen LogP contribution in [-0.4, -0.2) is 44.7 Å². The van der Waals surface area contributed by atoms with Gasteiger partial charge in [-0.15, -0.1) is 0 Å². The number of hydrogen-bond donors (Lipinski definition) is 2. The molecular formula is C15H15NO5. The Kier molecular flexibility index (Phi) is 3.36. The summed E-state index contributed by atoms with van der Waals surface area (Å²) in [5.74, 6) is -0.869. The Bertz CT molecular complexity index is 599. The number of ketones is 1. The molecule has 2 N–H and O–H groups in total. The minimum atomic E-state index is -1.54. The summed E-state index contributed by atoms with van der Waals surface area (Å²) in [5, 5.41) is 20.9. The number of hydrogen-bond acceptors (Lipinski definition) is 5. The predicted octanol–water partition coefficient (Wildman–Crippen LogP) is -0.0500. The standard InChI is InChI=1S/C15H15NO5/c17-11-6-7-15(14(20)13(11)19)8-12(18)16(15)21-9-10-4-2-1-3-5-10/h1-7,13-14,19-20H,8-9H2. The minimum Gasteiger partial charge on any atom is -0.387 e. The maximum absolute atomic E-state index is 11.7. The van der Waals surface area contributed by atoms with Crippen molar-refractivity contribution in [2.45, 2.75) is 30.8 Å². The molecule has 1 aromatic carbocycles. The third kappa shape index (κ3) is 2.17. The van der Waals surface area contributed by atoms with E-state index in [9.17, 15) is 19.8 Å². The summed E-state index contributed by atoms with van der Waals surface area (Å²) in [6.45, 7) is 0.166. The van der Waals surface area contributed by atoms with Crippen molar-refractivity contribution in [3.05, 3.63) is 48.0 Å². The number of rotatable bonds is 3. The zero-order valence-electron chi connectivity index (χ0n) is 11.2. The van der Waals surface area contributed by atoms with Crippen molar-refractivity contribution in [3.63, 3.8) is 0 Å². The van der Waals surface area contributed by atoms with Crippen molar-refractivity contribution in [3.8, 4) is 0 Å². The van der Waals surface area contributed by atoms with E-state index < -0.39 is 23.5 Å². The van der Waals surface area contributed by atoms with Gasteiger partial charge >= 0.3 is 0 Å². The van der Waals surface area contributed by atoms with Crippen molar-refractivity contribution in [1.29, 1.82) is 0 Å². The van der Waals surface area contributed by atoms with E-state index >= 15 is 0 Å². The van der Waals surface area contributed by atoms with E-state index in [-0.39, 0.29) is 18.9 Å². The molecule has 3 unspecified atom stereocenters. The lowest BCUT2D eigenvalue weighted by Gasteiger charge is -2.52. The van der Waals surface area contributed by atoms with Gasteiger partial charge in [-0.25, -0.2) is 5.06 Å². The Morgan fingerprint density at radius 1 is 1.24 bits per heavy atom. The lowest BCUT2D eigenvalue weighted by atomic mass is 9.74. The zero-order chi connectivity index (χ0) is 15.0. The van der Waals surface area contributed by atoms with Gasteiger partial charge in [0.05, 0.1) is 6.42 Å². The molecule has 2 aliphatic rings. The van der Waals surface area contributed by atoms with Gasteiger partial charge < -0.3 is 10.2 Å². The van der Waals surface area contributed by atoms with Gasteiger partial charge in [0.15, 0.2) is 5.78 Å². The van der Waals surface area contributed by atoms with Crippen LogP contribution in [0.4, 0.5) is 0 Å². The summed E-state index contributed by atoms with van der Waals surface area (Å²) >= 11 is 0. The molecule has 110 valence electrons. The summed E-state index contributed by atoms with van der Waals surface area (Å²) in [4.78, 5) is 28.6. The number of carbonyl (C=O) groups is 2. The van der Waals surface area contributed by atoms with Crippen molar-refractivity contribution in [2.75, 3.05) is 0 Å². The first-order valence-corrected chi connectivity index (χ1v) is 6.64. The molecule has 1 heterocycles. The molecule has 6 heteroatoms. The monoisotopic (exact) mass is 289 g/mol. The Hall–Kier alpha value is -2.02. The summed E-state index contributed by atoms with van der Waals surface area (Å²) in [7, 11) is 0. The maximum atomic E-state index is 11.7. The number of aliphatic hydroxyl groups is 2. The van der Waals surface area contributed by atoms with Crippen LogP contribution in [-0.2, 0) is 21.0 Å². The fraction of sp³-hybridized carbons (Fsp3) is 0.333. The second-order valence-corrected chi connectivity index (χ2v) is 5.24. The Labute approximate surface area is 121 Å². The Morgan fingerprint density at radius 2 is 1.95 bits per heavy atom. The van der Waals surface area contributed by atoms with Gasteiger partial charge in [-0.2, -0.15) is 0 Å². The zero-order valence-corrected chi connectivity index (χ0v) is 11.2. The van der Waals surface area contributed by atoms with Crippen LogP contribution < -0.4 is 0 Å². The quantitative estimate of drug-likeness (QED) is 0.762. The molecule has 1 amide bonds. The summed E-state index contributed by atoms with van der Waals surface area (Å²) < 4.78 is 0. The fourth-order valence-electron chi connectivity index (χ4n) is 2.64. The lowest BCUT2D eigenvalue weighted by Crippen LogP contribution is -2.71. The molecule has 1 saturated heterocycles. The molecule has 1 spiro atoms. The normalized spacial score (nSPS) is 31.6. The highest BCUT2D eigenvalue weighted by atomic mass is 16.7. The molecule has 0 saturated carbocycles. The summed E-state index contributed by atoms with van der Waals surface area (Å²) in [5.41, 5.74) is -0.280. The smallest absolute Gasteiger partial charge is 0.249 e. The molecule has 0 aromatic heterocycles. The third-order valence-electron chi connectivity index (χ3n) is 3.88. The van der Waals surface area contributed by atoms with Crippen LogP contribution in [0.2, 0.25) is 0 Å². The molecule has 0 radical (unpaired) electrons. The van der Waals surface area contributed by atoms with Crippen LogP contribution in [0.5, 0.6) is 0 Å². The number of benzene rings is 1. The van der Waals surface area contributed by atoms with Gasteiger partial charge in [0.1, 0.15) is 24.4 Å². The first-order valence-electron chi connectivity index (χ1n) is 6.64. The molecule has 3 rings (SSSR count). The number of carbonyl (C=O) groups excluding carboxylic acids is 2. The first kappa shape index (κ1) is 13.9. The predicted molar refractivity (Wildman–Crippen MR) is 71.6 cm³/mol. The highest BCUT2D eigenvalue weighted by molar-refractivity contribution is 5.97. The first-order chi connectivity index (χ1) is 10.0. The van der Waals surface area contributed by atoms with Crippen molar-refractivity contribution >= 4 is 11.7 Å². The van der Waals surface area contributed by atoms with Gasteiger partial charge in [0.25, 0.3) is 0 Å². The molecule has 3 atom stereocenters. The highest BCUT2D eigenvalue weighted by Crippen LogP contribution is 2.40. The fourth-order valence-corrected chi connectivity index (χ4v) is 2.64. The second kappa shape index (κ2) is 5.07. The van der Waals surface area contributed by atoms with Crippen LogP contribution >= 0.6 is 0 Å². The molecule has 1 aromatic rings. The van der Waals surface area contributed by atoms with E-state index in [1.807, 2.05) is 30.3 Å². The van der Waals surface area contributed by atoms with E-state index in [1.54, 1.807) is 0 Å². The van der Waals surface area contributed by atoms with E-state index in [0.717, 1.165) is 10.6 Å². The van der Waals surface area contributed by atoms with Gasteiger partial charge in [-0.05, 0) is 17.7 Å². The van der Waals surface area contributed by atoms with E-state index in [2.05, 4.69) is 0 Å². The highest BCUT2D eigenvalue weighted by Gasteiger charge is 2.59. The van der Waals surface area contributed by atoms with Crippen molar-refractivity contribution in [2.24, 2.45) is 0 Å². The average molecular weight is 289 g/mol. The largest absolute Gasteiger partial charge is 0.387 e. The molecule has 1 fully saturated rings. The van der Waals surface area contributed by atoms with E-state index in [4.69, 9.17) is 4.84 Å². The second-order valence-electron chi connectivity index (χ2n) is 5.24. The minimum absolute atomic E-state index is 0.00377. The Morgan fingerprint density at radius 3 is 2.62 bits per heavy atom. The number of nitrogens with zero attached hydrogens (tertiary/aromatic N) is 1. The third-order valence-corrected chi connectivity index (χ3v) is 3.88. The molecule has 0 bridgehead atoms. The van der Waals surface area contributed by atoms with Gasteiger partial charge in [-0.3, -0.25) is 14.4 Å².